The number of nitrogens with zero attached hydrogens (tertiary/aromatic N) is 2. The number of hydrogen-bond donors (Lipinski definition) is 1. The third kappa shape index (κ3) is 2.87. The number of nitrogens with one attached hydrogen (secondary N) is 1. The van der Waals surface area contributed by atoms with Gasteiger partial charge >= 0.3 is 0 Å². The summed E-state index contributed by atoms with van der Waals surface area (Å²) in [5.74, 6) is 0. The van der Waals surface area contributed by atoms with Crippen LogP contribution in [0.1, 0.15) is 36.4 Å². The molecule has 1 aromatic carbocycles. The average Bonchev–Trinajstić information content (AvgIpc) is 2.63. The van der Waals surface area contributed by atoms with Crippen molar-refractivity contribution in [2.45, 2.75) is 47.2 Å². The molecule has 0 atom stereocenters. The summed E-state index contributed by atoms with van der Waals surface area (Å²) in [6.45, 7) is 11.6. The van der Waals surface area contributed by atoms with Crippen molar-refractivity contribution in [3.63, 3.8) is 0 Å². The molecule has 0 saturated heterocycles. The second-order valence-electron chi connectivity index (χ2n) is 5.38. The molecule has 1 N–H and O–H groups in total. The Kier molecular flexibility index (Phi) is 4.05. The van der Waals surface area contributed by atoms with Crippen molar-refractivity contribution < 1.29 is 0 Å². The van der Waals surface area contributed by atoms with Gasteiger partial charge in [-0.15, -0.1) is 0 Å². The van der Waals surface area contributed by atoms with Gasteiger partial charge in [0.15, 0.2) is 0 Å². The number of aryl methyl sites for hydroxylation is 2. The van der Waals surface area contributed by atoms with E-state index in [4.69, 9.17) is 5.10 Å². The van der Waals surface area contributed by atoms with Gasteiger partial charge in [0.05, 0.1) is 11.4 Å². The first-order chi connectivity index (χ1) is 9.00. The van der Waals surface area contributed by atoms with E-state index < -0.39 is 0 Å². The molecule has 0 fully saturated rings. The average molecular weight is 257 g/mol. The van der Waals surface area contributed by atoms with Gasteiger partial charge in [0.25, 0.3) is 0 Å². The van der Waals surface area contributed by atoms with Crippen LogP contribution in [0.4, 0.5) is 0 Å². The summed E-state index contributed by atoms with van der Waals surface area (Å²) in [6.07, 6.45) is 0. The van der Waals surface area contributed by atoms with Crippen LogP contribution in [0.25, 0.3) is 5.69 Å². The van der Waals surface area contributed by atoms with Crippen LogP contribution in [-0.2, 0) is 6.54 Å². The monoisotopic (exact) mass is 257 g/mol. The largest absolute Gasteiger partial charge is 0.310 e. The topological polar surface area (TPSA) is 29.9 Å². The van der Waals surface area contributed by atoms with Crippen molar-refractivity contribution >= 4 is 0 Å². The molecule has 0 aliphatic heterocycles. The predicted octanol–water partition coefficient (Wildman–Crippen LogP) is 3.30. The molecule has 0 saturated carbocycles. The predicted molar refractivity (Wildman–Crippen MR) is 79.8 cm³/mol. The molecule has 2 aromatic rings. The molecule has 0 aliphatic carbocycles. The van der Waals surface area contributed by atoms with Gasteiger partial charge in [0.1, 0.15) is 0 Å². The first kappa shape index (κ1) is 13.8. The van der Waals surface area contributed by atoms with E-state index in [2.05, 4.69) is 68.9 Å². The molecule has 0 radical (unpaired) electrons. The number of para-hydroxylation sites is 1. The smallest absolute Gasteiger partial charge is 0.0678 e. The van der Waals surface area contributed by atoms with E-state index in [0.29, 0.717) is 6.04 Å². The lowest BCUT2D eigenvalue weighted by atomic mass is 10.1. The molecule has 0 spiro atoms. The van der Waals surface area contributed by atoms with Crippen molar-refractivity contribution in [2.75, 3.05) is 0 Å². The normalized spacial score (nSPS) is 11.3. The fourth-order valence-electron chi connectivity index (χ4n) is 2.27. The van der Waals surface area contributed by atoms with Gasteiger partial charge in [-0.05, 0) is 32.4 Å². The van der Waals surface area contributed by atoms with Gasteiger partial charge < -0.3 is 5.32 Å². The number of benzene rings is 1. The van der Waals surface area contributed by atoms with Gasteiger partial charge in [0, 0.05) is 23.8 Å². The number of hydrogen-bond acceptors (Lipinski definition) is 2. The Morgan fingerprint density at radius 3 is 2.47 bits per heavy atom. The van der Waals surface area contributed by atoms with Crippen LogP contribution in [0.5, 0.6) is 0 Å². The zero-order valence-corrected chi connectivity index (χ0v) is 12.5. The Morgan fingerprint density at radius 1 is 1.16 bits per heavy atom. The van der Waals surface area contributed by atoms with Crippen LogP contribution in [0.15, 0.2) is 24.3 Å². The quantitative estimate of drug-likeness (QED) is 0.911. The van der Waals surface area contributed by atoms with Crippen LogP contribution < -0.4 is 5.32 Å². The lowest BCUT2D eigenvalue weighted by Gasteiger charge is -2.10. The van der Waals surface area contributed by atoms with Crippen molar-refractivity contribution in [1.82, 2.24) is 15.1 Å². The van der Waals surface area contributed by atoms with Gasteiger partial charge in [-0.2, -0.15) is 5.10 Å². The number of aromatic nitrogens is 2. The van der Waals surface area contributed by atoms with Crippen molar-refractivity contribution in [3.05, 3.63) is 46.8 Å². The number of rotatable bonds is 4. The van der Waals surface area contributed by atoms with E-state index in [-0.39, 0.29) is 0 Å². The molecular weight excluding hydrogens is 234 g/mol. The van der Waals surface area contributed by atoms with Crippen LogP contribution in [-0.4, -0.2) is 15.8 Å². The fourth-order valence-corrected chi connectivity index (χ4v) is 2.27. The molecule has 102 valence electrons. The van der Waals surface area contributed by atoms with E-state index >= 15 is 0 Å². The first-order valence-electron chi connectivity index (χ1n) is 6.85. The standard InChI is InChI=1S/C16H23N3/c1-11(2)17-10-15-13(4)18-19(14(15)5)16-9-7-6-8-12(16)3/h6-9,11,17H,10H2,1-5H3. The second kappa shape index (κ2) is 5.57. The third-order valence-electron chi connectivity index (χ3n) is 3.47. The molecule has 3 heteroatoms. The fraction of sp³-hybridized carbons (Fsp3) is 0.438. The maximum Gasteiger partial charge on any atom is 0.0678 e. The van der Waals surface area contributed by atoms with Gasteiger partial charge in [-0.25, -0.2) is 4.68 Å². The van der Waals surface area contributed by atoms with E-state index in [1.165, 1.54) is 22.5 Å². The van der Waals surface area contributed by atoms with E-state index in [1.54, 1.807) is 0 Å². The van der Waals surface area contributed by atoms with Gasteiger partial charge in [-0.3, -0.25) is 0 Å². The summed E-state index contributed by atoms with van der Waals surface area (Å²) in [5.41, 5.74) is 6.04. The molecule has 0 amide bonds. The summed E-state index contributed by atoms with van der Waals surface area (Å²) in [4.78, 5) is 0. The summed E-state index contributed by atoms with van der Waals surface area (Å²) >= 11 is 0. The Balaban J connectivity index is 2.39. The van der Waals surface area contributed by atoms with Crippen LogP contribution >= 0.6 is 0 Å². The maximum atomic E-state index is 4.70. The Labute approximate surface area is 115 Å². The molecule has 1 aromatic heterocycles. The van der Waals surface area contributed by atoms with Crippen molar-refractivity contribution in [3.8, 4) is 5.69 Å². The molecule has 2 rings (SSSR count). The van der Waals surface area contributed by atoms with E-state index in [9.17, 15) is 0 Å². The minimum Gasteiger partial charge on any atom is -0.310 e. The minimum atomic E-state index is 0.487. The summed E-state index contributed by atoms with van der Waals surface area (Å²) in [6, 6.07) is 8.85. The van der Waals surface area contributed by atoms with Gasteiger partial charge in [-0.1, -0.05) is 32.0 Å². The Bertz CT molecular complexity index is 567. The molecule has 0 unspecified atom stereocenters. The molecule has 0 bridgehead atoms. The highest BCUT2D eigenvalue weighted by atomic mass is 15.3. The SMILES string of the molecule is Cc1ccccc1-n1nc(C)c(CNC(C)C)c1C. The zero-order valence-electron chi connectivity index (χ0n) is 12.5. The molecular formula is C16H23N3. The molecule has 19 heavy (non-hydrogen) atoms. The first-order valence-corrected chi connectivity index (χ1v) is 6.85. The van der Waals surface area contributed by atoms with Crippen LogP contribution in [0.2, 0.25) is 0 Å². The summed E-state index contributed by atoms with van der Waals surface area (Å²) < 4.78 is 2.06. The van der Waals surface area contributed by atoms with Gasteiger partial charge in [0.2, 0.25) is 0 Å². The van der Waals surface area contributed by atoms with E-state index in [0.717, 1.165) is 12.2 Å². The molecule has 1 heterocycles. The second-order valence-corrected chi connectivity index (χ2v) is 5.38. The van der Waals surface area contributed by atoms with E-state index in [1.807, 2.05) is 0 Å². The van der Waals surface area contributed by atoms with Crippen molar-refractivity contribution in [2.24, 2.45) is 0 Å². The third-order valence-corrected chi connectivity index (χ3v) is 3.47. The highest BCUT2D eigenvalue weighted by molar-refractivity contribution is 5.42. The molecule has 3 nitrogen and oxygen atoms in total. The van der Waals surface area contributed by atoms with Crippen molar-refractivity contribution in [1.29, 1.82) is 0 Å². The Hall–Kier alpha value is -1.61. The lowest BCUT2D eigenvalue weighted by molar-refractivity contribution is 0.586. The lowest BCUT2D eigenvalue weighted by Crippen LogP contribution is -2.22. The molecule has 0 aliphatic rings. The summed E-state index contributed by atoms with van der Waals surface area (Å²) in [5, 5.41) is 8.17. The zero-order chi connectivity index (χ0) is 14.0. The Morgan fingerprint density at radius 2 is 1.84 bits per heavy atom. The summed E-state index contributed by atoms with van der Waals surface area (Å²) in [7, 11) is 0. The van der Waals surface area contributed by atoms with Crippen LogP contribution in [0.3, 0.4) is 0 Å². The maximum absolute atomic E-state index is 4.70. The highest BCUT2D eigenvalue weighted by Gasteiger charge is 2.13. The highest BCUT2D eigenvalue weighted by Crippen LogP contribution is 2.20. The minimum absolute atomic E-state index is 0.487. The van der Waals surface area contributed by atoms with Crippen LogP contribution in [0, 0.1) is 20.8 Å².